The molecule has 0 spiro atoms. The predicted octanol–water partition coefficient (Wildman–Crippen LogP) is 2.18. The van der Waals surface area contributed by atoms with Gasteiger partial charge >= 0.3 is 12.1 Å². The topological polar surface area (TPSA) is 104 Å². The number of aliphatic carboxylic acids is 1. The number of nitrogens with zero attached hydrogens (tertiary/aromatic N) is 2. The van der Waals surface area contributed by atoms with Crippen LogP contribution in [0.2, 0.25) is 5.02 Å². The van der Waals surface area contributed by atoms with E-state index in [0.717, 1.165) is 4.31 Å². The van der Waals surface area contributed by atoms with E-state index in [2.05, 4.69) is 0 Å². The number of piperazine rings is 1. The minimum absolute atomic E-state index is 0.0421. The van der Waals surface area contributed by atoms with Gasteiger partial charge < -0.3 is 14.7 Å². The van der Waals surface area contributed by atoms with Crippen molar-refractivity contribution in [3.8, 4) is 0 Å². The summed E-state index contributed by atoms with van der Waals surface area (Å²) in [6.07, 6.45) is -0.670. The van der Waals surface area contributed by atoms with E-state index in [1.54, 1.807) is 45.0 Å². The Hall–Kier alpha value is -1.84. The van der Waals surface area contributed by atoms with E-state index in [0.29, 0.717) is 10.6 Å². The van der Waals surface area contributed by atoms with Gasteiger partial charge in [0.2, 0.25) is 10.0 Å². The molecule has 0 aliphatic carbocycles. The zero-order valence-corrected chi connectivity index (χ0v) is 17.0. The molecule has 1 aliphatic rings. The van der Waals surface area contributed by atoms with Crippen LogP contribution in [0.4, 0.5) is 4.79 Å². The summed E-state index contributed by atoms with van der Waals surface area (Å²) in [5.74, 6) is -1.74. The van der Waals surface area contributed by atoms with E-state index < -0.39 is 39.5 Å². The number of hydrogen-bond acceptors (Lipinski definition) is 5. The number of carboxylic acids is 1. The van der Waals surface area contributed by atoms with Gasteiger partial charge in [0.05, 0.1) is 12.3 Å². The van der Waals surface area contributed by atoms with Gasteiger partial charge in [-0.2, -0.15) is 4.31 Å². The quantitative estimate of drug-likeness (QED) is 0.803. The number of hydrogen-bond donors (Lipinski definition) is 1. The molecule has 1 aromatic carbocycles. The average molecular weight is 419 g/mol. The van der Waals surface area contributed by atoms with Crippen molar-refractivity contribution in [2.75, 3.05) is 19.6 Å². The van der Waals surface area contributed by atoms with Gasteiger partial charge in [0.1, 0.15) is 11.6 Å². The molecule has 0 radical (unpaired) electrons. The van der Waals surface area contributed by atoms with Crippen LogP contribution in [0.15, 0.2) is 24.3 Å². The van der Waals surface area contributed by atoms with Crippen LogP contribution < -0.4 is 0 Å². The number of halogens is 1. The Morgan fingerprint density at radius 1 is 1.26 bits per heavy atom. The highest BCUT2D eigenvalue weighted by Crippen LogP contribution is 2.23. The molecule has 150 valence electrons. The van der Waals surface area contributed by atoms with Crippen molar-refractivity contribution in [3.63, 3.8) is 0 Å². The van der Waals surface area contributed by atoms with E-state index in [1.165, 1.54) is 4.90 Å². The number of carboxylic acid groups (broad SMARTS) is 1. The summed E-state index contributed by atoms with van der Waals surface area (Å²) >= 11 is 6.03. The summed E-state index contributed by atoms with van der Waals surface area (Å²) in [5, 5.41) is 9.81. The zero-order valence-electron chi connectivity index (χ0n) is 15.4. The van der Waals surface area contributed by atoms with Crippen LogP contribution in [0, 0.1) is 0 Å². The molecule has 2 rings (SSSR count). The van der Waals surface area contributed by atoms with Gasteiger partial charge in [-0.3, -0.25) is 4.79 Å². The van der Waals surface area contributed by atoms with E-state index in [1.807, 2.05) is 0 Å². The van der Waals surface area contributed by atoms with E-state index >= 15 is 0 Å². The molecule has 0 bridgehead atoms. The van der Waals surface area contributed by atoms with Crippen LogP contribution in [0.25, 0.3) is 0 Å². The molecule has 1 saturated heterocycles. The molecule has 0 saturated carbocycles. The molecule has 1 amide bonds. The molecule has 0 unspecified atom stereocenters. The van der Waals surface area contributed by atoms with Gasteiger partial charge in [-0.1, -0.05) is 29.8 Å². The molecule has 1 N–H and O–H groups in total. The maximum Gasteiger partial charge on any atom is 0.410 e. The van der Waals surface area contributed by atoms with Crippen molar-refractivity contribution in [2.24, 2.45) is 0 Å². The molecule has 27 heavy (non-hydrogen) atoms. The molecule has 1 atom stereocenters. The average Bonchev–Trinajstić information content (AvgIpc) is 2.54. The van der Waals surface area contributed by atoms with Crippen LogP contribution in [0.3, 0.4) is 0 Å². The second-order valence-electron chi connectivity index (χ2n) is 7.24. The van der Waals surface area contributed by atoms with Crippen molar-refractivity contribution in [1.82, 2.24) is 9.21 Å². The minimum Gasteiger partial charge on any atom is -0.480 e. The van der Waals surface area contributed by atoms with Gasteiger partial charge in [0.15, 0.2) is 0 Å². The van der Waals surface area contributed by atoms with Crippen LogP contribution in [0.5, 0.6) is 0 Å². The van der Waals surface area contributed by atoms with Crippen molar-refractivity contribution < 1.29 is 27.9 Å². The Bertz CT molecular complexity index is 821. The predicted molar refractivity (Wildman–Crippen MR) is 100 cm³/mol. The van der Waals surface area contributed by atoms with Gasteiger partial charge in [-0.25, -0.2) is 13.2 Å². The lowest BCUT2D eigenvalue weighted by Crippen LogP contribution is -2.59. The first-order valence-corrected chi connectivity index (χ1v) is 10.3. The van der Waals surface area contributed by atoms with Gasteiger partial charge in [-0.15, -0.1) is 0 Å². The van der Waals surface area contributed by atoms with Crippen LogP contribution in [-0.2, 0) is 25.3 Å². The smallest absolute Gasteiger partial charge is 0.410 e. The molecule has 1 aromatic rings. The number of sulfonamides is 1. The fourth-order valence-electron chi connectivity index (χ4n) is 2.69. The summed E-state index contributed by atoms with van der Waals surface area (Å²) < 4.78 is 31.8. The monoisotopic (exact) mass is 418 g/mol. The molecular formula is C17H23ClN2O6S. The Morgan fingerprint density at radius 2 is 1.89 bits per heavy atom. The Balaban J connectivity index is 2.19. The van der Waals surface area contributed by atoms with E-state index in [9.17, 15) is 23.1 Å². The lowest BCUT2D eigenvalue weighted by molar-refractivity contribution is -0.143. The number of benzene rings is 1. The first-order chi connectivity index (χ1) is 12.4. The van der Waals surface area contributed by atoms with Crippen LogP contribution >= 0.6 is 11.6 Å². The second kappa shape index (κ2) is 8.04. The number of amides is 1. The summed E-state index contributed by atoms with van der Waals surface area (Å²) in [5.41, 5.74) is -0.346. The summed E-state index contributed by atoms with van der Waals surface area (Å²) in [6, 6.07) is 5.09. The third-order valence-corrected chi connectivity index (χ3v) is 6.12. The fraction of sp³-hybridized carbons (Fsp3) is 0.529. The summed E-state index contributed by atoms with van der Waals surface area (Å²) in [6.45, 7) is 4.72. The Morgan fingerprint density at radius 3 is 2.44 bits per heavy atom. The zero-order chi connectivity index (χ0) is 20.4. The van der Waals surface area contributed by atoms with Crippen molar-refractivity contribution in [2.45, 2.75) is 38.2 Å². The van der Waals surface area contributed by atoms with Gasteiger partial charge in [-0.05, 0) is 32.4 Å². The standard InChI is InChI=1S/C17H23ClN2O6S/c1-17(2,3)26-16(23)19-8-9-20(14(10-19)15(21)22)27(24,25)11-12-6-4-5-7-13(12)18/h4-7,14H,8-11H2,1-3H3,(H,21,22)/t14-/m1/s1. The molecule has 1 heterocycles. The number of carbonyl (C=O) groups is 2. The largest absolute Gasteiger partial charge is 0.480 e. The van der Waals surface area contributed by atoms with Crippen molar-refractivity contribution in [3.05, 3.63) is 34.9 Å². The highest BCUT2D eigenvalue weighted by molar-refractivity contribution is 7.88. The first kappa shape index (κ1) is 21.5. The second-order valence-corrected chi connectivity index (χ2v) is 9.57. The van der Waals surface area contributed by atoms with Crippen molar-refractivity contribution >= 4 is 33.7 Å². The summed E-state index contributed by atoms with van der Waals surface area (Å²) in [4.78, 5) is 25.1. The lowest BCUT2D eigenvalue weighted by Gasteiger charge is -2.38. The Labute approximate surface area is 163 Å². The number of carbonyl (C=O) groups excluding carboxylic acids is 1. The lowest BCUT2D eigenvalue weighted by atomic mass is 10.2. The van der Waals surface area contributed by atoms with Crippen molar-refractivity contribution in [1.29, 1.82) is 0 Å². The van der Waals surface area contributed by atoms with Gasteiger partial charge in [0.25, 0.3) is 0 Å². The highest BCUT2D eigenvalue weighted by Gasteiger charge is 2.41. The molecule has 10 heteroatoms. The molecular weight excluding hydrogens is 396 g/mol. The SMILES string of the molecule is CC(C)(C)OC(=O)N1CCN(S(=O)(=O)Cc2ccccc2Cl)[C@@H](C(=O)O)C1. The maximum absolute atomic E-state index is 12.8. The minimum atomic E-state index is -3.95. The van der Waals surface area contributed by atoms with Crippen LogP contribution in [-0.4, -0.2) is 66.1 Å². The highest BCUT2D eigenvalue weighted by atomic mass is 35.5. The first-order valence-electron chi connectivity index (χ1n) is 8.34. The van der Waals surface area contributed by atoms with E-state index in [-0.39, 0.29) is 19.6 Å². The number of rotatable bonds is 4. The fourth-order valence-corrected chi connectivity index (χ4v) is 4.68. The normalized spacial score (nSPS) is 19.0. The van der Waals surface area contributed by atoms with E-state index in [4.69, 9.17) is 16.3 Å². The molecule has 8 nitrogen and oxygen atoms in total. The maximum atomic E-state index is 12.8. The molecule has 1 aliphatic heterocycles. The third-order valence-electron chi connectivity index (χ3n) is 3.92. The Kier molecular flexibility index (Phi) is 6.39. The molecule has 0 aromatic heterocycles. The number of ether oxygens (including phenoxy) is 1. The van der Waals surface area contributed by atoms with Crippen LogP contribution in [0.1, 0.15) is 26.3 Å². The third kappa shape index (κ3) is 5.57. The molecule has 1 fully saturated rings. The van der Waals surface area contributed by atoms with Gasteiger partial charge in [0, 0.05) is 18.1 Å². The summed E-state index contributed by atoms with van der Waals surface area (Å²) in [7, 11) is -3.95.